The van der Waals surface area contributed by atoms with Crippen molar-refractivity contribution < 1.29 is 14.6 Å². The molecule has 5 heteroatoms. The van der Waals surface area contributed by atoms with Gasteiger partial charge in [-0.3, -0.25) is 4.79 Å². The van der Waals surface area contributed by atoms with E-state index in [2.05, 4.69) is 4.98 Å². The van der Waals surface area contributed by atoms with Crippen molar-refractivity contribution in [2.24, 2.45) is 0 Å². The highest BCUT2D eigenvalue weighted by molar-refractivity contribution is 5.94. The lowest BCUT2D eigenvalue weighted by atomic mass is 9.98. The Balaban J connectivity index is 1.62. The summed E-state index contributed by atoms with van der Waals surface area (Å²) in [6.45, 7) is 0.382. The first-order chi connectivity index (χ1) is 11.6. The number of carbonyl (C=O) groups excluding carboxylic acids is 1. The number of hydrogen-bond donors (Lipinski definition) is 1. The van der Waals surface area contributed by atoms with Crippen molar-refractivity contribution in [1.82, 2.24) is 9.88 Å². The predicted molar refractivity (Wildman–Crippen MR) is 92.1 cm³/mol. The van der Waals surface area contributed by atoms with Crippen molar-refractivity contribution in [2.45, 2.75) is 69.5 Å². The Bertz CT molecular complexity index is 563. The van der Waals surface area contributed by atoms with Crippen LogP contribution in [-0.4, -0.2) is 46.2 Å². The molecule has 2 saturated carbocycles. The Morgan fingerprint density at radius 1 is 1.29 bits per heavy atom. The molecule has 1 aromatic heterocycles. The van der Waals surface area contributed by atoms with Gasteiger partial charge < -0.3 is 14.7 Å². The van der Waals surface area contributed by atoms with E-state index >= 15 is 0 Å². The zero-order valence-electron chi connectivity index (χ0n) is 14.5. The smallest absolute Gasteiger partial charge is 0.253 e. The van der Waals surface area contributed by atoms with Gasteiger partial charge in [0, 0.05) is 31.4 Å². The molecule has 0 spiro atoms. The van der Waals surface area contributed by atoms with Crippen LogP contribution in [0.2, 0.25) is 0 Å². The third-order valence-electron chi connectivity index (χ3n) is 5.23. The molecule has 24 heavy (non-hydrogen) atoms. The van der Waals surface area contributed by atoms with Gasteiger partial charge >= 0.3 is 0 Å². The van der Waals surface area contributed by atoms with Crippen LogP contribution < -0.4 is 4.74 Å². The van der Waals surface area contributed by atoms with E-state index in [4.69, 9.17) is 4.74 Å². The van der Waals surface area contributed by atoms with Gasteiger partial charge in [0.05, 0.1) is 5.60 Å². The fraction of sp³-hybridized carbons (Fsp3) is 0.684. The van der Waals surface area contributed by atoms with Gasteiger partial charge in [-0.2, -0.15) is 0 Å². The maximum atomic E-state index is 12.7. The summed E-state index contributed by atoms with van der Waals surface area (Å²) < 4.78 is 5.95. The molecule has 2 fully saturated rings. The van der Waals surface area contributed by atoms with Gasteiger partial charge in [-0.1, -0.05) is 19.3 Å². The second-order valence-electron chi connectivity index (χ2n) is 7.35. The summed E-state index contributed by atoms with van der Waals surface area (Å²) in [5.41, 5.74) is -0.154. The van der Waals surface area contributed by atoms with Gasteiger partial charge in [0.2, 0.25) is 5.88 Å². The number of aliphatic hydroxyl groups is 1. The van der Waals surface area contributed by atoms with Crippen LogP contribution >= 0.6 is 0 Å². The van der Waals surface area contributed by atoms with Crippen molar-refractivity contribution in [3.05, 3.63) is 23.9 Å². The van der Waals surface area contributed by atoms with Gasteiger partial charge in [0.15, 0.2) is 0 Å². The fourth-order valence-electron chi connectivity index (χ4n) is 3.89. The molecule has 0 atom stereocenters. The average molecular weight is 332 g/mol. The number of pyridine rings is 1. The SMILES string of the molecule is CN(CC1(O)CCCC1)C(=O)c1ccnc(OC2CCCCC2)c1. The highest BCUT2D eigenvalue weighted by atomic mass is 16.5. The Morgan fingerprint density at radius 3 is 2.71 bits per heavy atom. The van der Waals surface area contributed by atoms with E-state index in [-0.39, 0.29) is 12.0 Å². The van der Waals surface area contributed by atoms with Crippen LogP contribution in [0.25, 0.3) is 0 Å². The first kappa shape index (κ1) is 17.2. The van der Waals surface area contributed by atoms with Crippen LogP contribution in [0.1, 0.15) is 68.1 Å². The molecule has 0 aliphatic heterocycles. The van der Waals surface area contributed by atoms with Crippen molar-refractivity contribution in [1.29, 1.82) is 0 Å². The molecule has 0 aromatic carbocycles. The first-order valence-electron chi connectivity index (χ1n) is 9.16. The Kier molecular flexibility index (Phi) is 5.39. The summed E-state index contributed by atoms with van der Waals surface area (Å²) in [5, 5.41) is 10.5. The van der Waals surface area contributed by atoms with Gasteiger partial charge in [-0.05, 0) is 44.6 Å². The number of hydrogen-bond acceptors (Lipinski definition) is 4. The molecule has 1 amide bonds. The standard InChI is InChI=1S/C19H28N2O3/c1-21(14-19(23)10-5-6-11-19)18(22)15-9-12-20-17(13-15)24-16-7-3-2-4-8-16/h9,12-13,16,23H,2-8,10-11,14H2,1H3. The molecule has 0 radical (unpaired) electrons. The zero-order valence-corrected chi connectivity index (χ0v) is 14.5. The number of rotatable bonds is 5. The van der Waals surface area contributed by atoms with Gasteiger partial charge in [0.1, 0.15) is 6.10 Å². The number of ether oxygens (including phenoxy) is 1. The van der Waals surface area contributed by atoms with Crippen LogP contribution in [0.4, 0.5) is 0 Å². The molecule has 1 aromatic rings. The maximum absolute atomic E-state index is 12.7. The van der Waals surface area contributed by atoms with Crippen molar-refractivity contribution >= 4 is 5.91 Å². The van der Waals surface area contributed by atoms with Crippen LogP contribution in [0.3, 0.4) is 0 Å². The molecular weight excluding hydrogens is 304 g/mol. The number of likely N-dealkylation sites (N-methyl/N-ethyl adjacent to an activating group) is 1. The highest BCUT2D eigenvalue weighted by Gasteiger charge is 2.33. The molecule has 1 heterocycles. The predicted octanol–water partition coefficient (Wildman–Crippen LogP) is 3.17. The number of amides is 1. The molecular formula is C19H28N2O3. The average Bonchev–Trinajstić information content (AvgIpc) is 3.01. The first-order valence-corrected chi connectivity index (χ1v) is 9.16. The number of aromatic nitrogens is 1. The third-order valence-corrected chi connectivity index (χ3v) is 5.23. The molecule has 0 bridgehead atoms. The lowest BCUT2D eigenvalue weighted by molar-refractivity contribution is 0.0156. The normalized spacial score (nSPS) is 20.8. The maximum Gasteiger partial charge on any atom is 0.253 e. The molecule has 2 aliphatic carbocycles. The Labute approximate surface area is 144 Å². The van der Waals surface area contributed by atoms with E-state index in [0.29, 0.717) is 18.0 Å². The van der Waals surface area contributed by atoms with Crippen molar-refractivity contribution in [3.8, 4) is 5.88 Å². The molecule has 132 valence electrons. The quantitative estimate of drug-likeness (QED) is 0.899. The monoisotopic (exact) mass is 332 g/mol. The van der Waals surface area contributed by atoms with Crippen LogP contribution in [0.15, 0.2) is 18.3 Å². The molecule has 3 rings (SSSR count). The lowest BCUT2D eigenvalue weighted by Gasteiger charge is -2.28. The summed E-state index contributed by atoms with van der Waals surface area (Å²) >= 11 is 0. The lowest BCUT2D eigenvalue weighted by Crippen LogP contribution is -2.42. The minimum absolute atomic E-state index is 0.0915. The second kappa shape index (κ2) is 7.51. The summed E-state index contributed by atoms with van der Waals surface area (Å²) in [6, 6.07) is 3.44. The van der Waals surface area contributed by atoms with E-state index in [9.17, 15) is 9.90 Å². The van der Waals surface area contributed by atoms with E-state index in [1.54, 1.807) is 30.3 Å². The van der Waals surface area contributed by atoms with Gasteiger partial charge in [-0.15, -0.1) is 0 Å². The van der Waals surface area contributed by atoms with Crippen LogP contribution in [-0.2, 0) is 0 Å². The highest BCUT2D eigenvalue weighted by Crippen LogP contribution is 2.30. The molecule has 0 unspecified atom stereocenters. The summed E-state index contributed by atoms with van der Waals surface area (Å²) in [4.78, 5) is 18.5. The second-order valence-corrected chi connectivity index (χ2v) is 7.35. The van der Waals surface area contributed by atoms with Crippen LogP contribution in [0.5, 0.6) is 5.88 Å². The zero-order chi connectivity index (χ0) is 17.0. The molecule has 1 N–H and O–H groups in total. The molecule has 2 aliphatic rings. The number of nitrogens with zero attached hydrogens (tertiary/aromatic N) is 2. The van der Waals surface area contributed by atoms with E-state index in [1.807, 2.05) is 0 Å². The largest absolute Gasteiger partial charge is 0.474 e. The number of carbonyl (C=O) groups is 1. The van der Waals surface area contributed by atoms with E-state index < -0.39 is 5.60 Å². The summed E-state index contributed by atoms with van der Waals surface area (Å²) in [6.07, 6.45) is 11.3. The topological polar surface area (TPSA) is 62.7 Å². The minimum Gasteiger partial charge on any atom is -0.474 e. The van der Waals surface area contributed by atoms with Crippen molar-refractivity contribution in [3.63, 3.8) is 0 Å². The van der Waals surface area contributed by atoms with Crippen LogP contribution in [0, 0.1) is 0 Å². The van der Waals surface area contributed by atoms with Gasteiger partial charge in [-0.25, -0.2) is 4.98 Å². The minimum atomic E-state index is -0.723. The summed E-state index contributed by atoms with van der Waals surface area (Å²) in [5.74, 6) is 0.437. The van der Waals surface area contributed by atoms with Crippen molar-refractivity contribution in [2.75, 3.05) is 13.6 Å². The fourth-order valence-corrected chi connectivity index (χ4v) is 3.89. The van der Waals surface area contributed by atoms with Gasteiger partial charge in [0.25, 0.3) is 5.91 Å². The van der Waals surface area contributed by atoms with E-state index in [0.717, 1.165) is 38.5 Å². The third kappa shape index (κ3) is 4.26. The Hall–Kier alpha value is -1.62. The summed E-state index contributed by atoms with van der Waals surface area (Å²) in [7, 11) is 1.75. The van der Waals surface area contributed by atoms with E-state index in [1.165, 1.54) is 19.3 Å². The molecule has 5 nitrogen and oxygen atoms in total. The Morgan fingerprint density at radius 2 is 2.00 bits per heavy atom. The molecule has 0 saturated heterocycles.